The second kappa shape index (κ2) is 4.61. The van der Waals surface area contributed by atoms with Gasteiger partial charge in [-0.1, -0.05) is 12.8 Å². The van der Waals surface area contributed by atoms with E-state index in [1.165, 1.54) is 25.7 Å². The summed E-state index contributed by atoms with van der Waals surface area (Å²) in [6.45, 7) is 0.686. The molecule has 1 heterocycles. The molecular weight excluding hydrogens is 192 g/mol. The van der Waals surface area contributed by atoms with E-state index in [9.17, 15) is 0 Å². The van der Waals surface area contributed by atoms with Crippen molar-refractivity contribution in [1.82, 2.24) is 15.5 Å². The lowest BCUT2D eigenvalue weighted by atomic mass is 10.2. The van der Waals surface area contributed by atoms with E-state index in [1.807, 2.05) is 19.0 Å². The van der Waals surface area contributed by atoms with Crippen LogP contribution in [0, 0.1) is 0 Å². The average Bonchev–Trinajstić information content (AvgIpc) is 2.86. The first-order chi connectivity index (χ1) is 7.25. The Balaban J connectivity index is 1.82. The standard InChI is InChI=1S/C10H18N4O/c1-14(2)10-12-9(15-13-10)7-11-8-5-3-4-6-8/h8,11H,3-7H2,1-2H3. The lowest BCUT2D eigenvalue weighted by Crippen LogP contribution is -2.25. The number of nitrogens with zero attached hydrogens (tertiary/aromatic N) is 3. The van der Waals surface area contributed by atoms with E-state index in [-0.39, 0.29) is 0 Å². The zero-order chi connectivity index (χ0) is 10.7. The van der Waals surface area contributed by atoms with Gasteiger partial charge in [-0.25, -0.2) is 0 Å². The van der Waals surface area contributed by atoms with Gasteiger partial charge in [0.05, 0.1) is 6.54 Å². The Morgan fingerprint density at radius 2 is 2.13 bits per heavy atom. The van der Waals surface area contributed by atoms with Crippen LogP contribution in [0.2, 0.25) is 0 Å². The molecule has 2 rings (SSSR count). The molecule has 5 nitrogen and oxygen atoms in total. The van der Waals surface area contributed by atoms with Gasteiger partial charge in [0.1, 0.15) is 0 Å². The van der Waals surface area contributed by atoms with Crippen LogP contribution in [0.5, 0.6) is 0 Å². The molecular formula is C10H18N4O. The molecule has 1 aliphatic rings. The van der Waals surface area contributed by atoms with Crippen LogP contribution in [-0.4, -0.2) is 30.3 Å². The van der Waals surface area contributed by atoms with Gasteiger partial charge in [0.25, 0.3) is 5.95 Å². The second-order valence-corrected chi connectivity index (χ2v) is 4.24. The SMILES string of the molecule is CN(C)c1noc(CNC2CCCC2)n1. The highest BCUT2D eigenvalue weighted by atomic mass is 16.5. The van der Waals surface area contributed by atoms with Gasteiger partial charge in [-0.15, -0.1) is 0 Å². The molecule has 84 valence electrons. The van der Waals surface area contributed by atoms with Crippen LogP contribution in [0.25, 0.3) is 0 Å². The van der Waals surface area contributed by atoms with Crippen molar-refractivity contribution >= 4 is 5.95 Å². The number of hydrogen-bond donors (Lipinski definition) is 1. The lowest BCUT2D eigenvalue weighted by molar-refractivity contribution is 0.356. The average molecular weight is 210 g/mol. The molecule has 0 unspecified atom stereocenters. The smallest absolute Gasteiger partial charge is 0.265 e. The molecule has 0 radical (unpaired) electrons. The first kappa shape index (κ1) is 10.4. The van der Waals surface area contributed by atoms with Crippen molar-refractivity contribution in [3.05, 3.63) is 5.89 Å². The molecule has 1 aliphatic carbocycles. The minimum Gasteiger partial charge on any atom is -0.344 e. The number of rotatable bonds is 4. The fraction of sp³-hybridized carbons (Fsp3) is 0.800. The van der Waals surface area contributed by atoms with E-state index in [2.05, 4.69) is 15.5 Å². The van der Waals surface area contributed by atoms with Crippen LogP contribution in [0.1, 0.15) is 31.6 Å². The van der Waals surface area contributed by atoms with E-state index in [0.717, 1.165) is 0 Å². The Morgan fingerprint density at radius 3 is 2.73 bits per heavy atom. The highest BCUT2D eigenvalue weighted by molar-refractivity contribution is 5.23. The lowest BCUT2D eigenvalue weighted by Gasteiger charge is -2.08. The minimum absolute atomic E-state index is 0.637. The maximum atomic E-state index is 5.12. The quantitative estimate of drug-likeness (QED) is 0.808. The van der Waals surface area contributed by atoms with Gasteiger partial charge in [-0.2, -0.15) is 4.98 Å². The van der Waals surface area contributed by atoms with Gasteiger partial charge in [-0.3, -0.25) is 0 Å². The van der Waals surface area contributed by atoms with Gasteiger partial charge >= 0.3 is 0 Å². The molecule has 0 atom stereocenters. The number of aromatic nitrogens is 2. The predicted octanol–water partition coefficient (Wildman–Crippen LogP) is 1.17. The van der Waals surface area contributed by atoms with E-state index in [1.54, 1.807) is 0 Å². The molecule has 0 aliphatic heterocycles. The molecule has 0 amide bonds. The van der Waals surface area contributed by atoms with Gasteiger partial charge < -0.3 is 14.7 Å². The normalized spacial score (nSPS) is 17.2. The van der Waals surface area contributed by atoms with E-state index < -0.39 is 0 Å². The van der Waals surface area contributed by atoms with Crippen LogP contribution in [0.3, 0.4) is 0 Å². The molecule has 1 fully saturated rings. The van der Waals surface area contributed by atoms with Crippen molar-refractivity contribution in [2.24, 2.45) is 0 Å². The Hall–Kier alpha value is -1.10. The minimum atomic E-state index is 0.637. The molecule has 0 saturated heterocycles. The van der Waals surface area contributed by atoms with Crippen LogP contribution in [0.4, 0.5) is 5.95 Å². The van der Waals surface area contributed by atoms with Gasteiger partial charge in [-0.05, 0) is 18.0 Å². The maximum absolute atomic E-state index is 5.12. The third-order valence-electron chi connectivity index (χ3n) is 2.75. The number of anilines is 1. The van der Waals surface area contributed by atoms with Crippen molar-refractivity contribution in [3.8, 4) is 0 Å². The van der Waals surface area contributed by atoms with Gasteiger partial charge in [0.15, 0.2) is 0 Å². The molecule has 0 spiro atoms. The van der Waals surface area contributed by atoms with Crippen molar-refractivity contribution < 1.29 is 4.52 Å². The van der Waals surface area contributed by atoms with E-state index >= 15 is 0 Å². The predicted molar refractivity (Wildman–Crippen MR) is 57.7 cm³/mol. The maximum Gasteiger partial charge on any atom is 0.265 e. The first-order valence-corrected chi connectivity index (χ1v) is 5.49. The Morgan fingerprint density at radius 1 is 1.40 bits per heavy atom. The Bertz CT molecular complexity index is 304. The third-order valence-corrected chi connectivity index (χ3v) is 2.75. The number of hydrogen-bond acceptors (Lipinski definition) is 5. The highest BCUT2D eigenvalue weighted by Gasteiger charge is 2.15. The summed E-state index contributed by atoms with van der Waals surface area (Å²) >= 11 is 0. The number of nitrogens with one attached hydrogen (secondary N) is 1. The zero-order valence-electron chi connectivity index (χ0n) is 9.36. The summed E-state index contributed by atoms with van der Waals surface area (Å²) in [5.74, 6) is 1.31. The highest BCUT2D eigenvalue weighted by Crippen LogP contribution is 2.18. The van der Waals surface area contributed by atoms with Crippen LogP contribution >= 0.6 is 0 Å². The molecule has 1 aromatic rings. The third kappa shape index (κ3) is 2.68. The molecule has 0 bridgehead atoms. The summed E-state index contributed by atoms with van der Waals surface area (Å²) < 4.78 is 5.12. The topological polar surface area (TPSA) is 54.2 Å². The summed E-state index contributed by atoms with van der Waals surface area (Å²) in [6.07, 6.45) is 5.22. The summed E-state index contributed by atoms with van der Waals surface area (Å²) in [7, 11) is 3.80. The Labute approximate surface area is 89.8 Å². The van der Waals surface area contributed by atoms with Crippen LogP contribution in [-0.2, 0) is 6.54 Å². The van der Waals surface area contributed by atoms with Crippen molar-refractivity contribution in [3.63, 3.8) is 0 Å². The van der Waals surface area contributed by atoms with E-state index in [0.29, 0.717) is 24.4 Å². The second-order valence-electron chi connectivity index (χ2n) is 4.24. The fourth-order valence-electron chi connectivity index (χ4n) is 1.86. The first-order valence-electron chi connectivity index (χ1n) is 5.49. The molecule has 1 N–H and O–H groups in total. The van der Waals surface area contributed by atoms with E-state index in [4.69, 9.17) is 4.52 Å². The molecule has 1 saturated carbocycles. The van der Waals surface area contributed by atoms with Gasteiger partial charge in [0.2, 0.25) is 5.89 Å². The van der Waals surface area contributed by atoms with Gasteiger partial charge in [0, 0.05) is 20.1 Å². The molecule has 5 heteroatoms. The summed E-state index contributed by atoms with van der Waals surface area (Å²) in [5, 5.41) is 7.30. The van der Waals surface area contributed by atoms with Crippen LogP contribution < -0.4 is 10.2 Å². The summed E-state index contributed by atoms with van der Waals surface area (Å²) in [5.41, 5.74) is 0. The van der Waals surface area contributed by atoms with Crippen LogP contribution in [0.15, 0.2) is 4.52 Å². The molecule has 0 aromatic carbocycles. The monoisotopic (exact) mass is 210 g/mol. The van der Waals surface area contributed by atoms with Crippen molar-refractivity contribution in [2.45, 2.75) is 38.3 Å². The molecule has 1 aromatic heterocycles. The van der Waals surface area contributed by atoms with Crippen molar-refractivity contribution in [2.75, 3.05) is 19.0 Å². The fourth-order valence-corrected chi connectivity index (χ4v) is 1.86. The summed E-state index contributed by atoms with van der Waals surface area (Å²) in [4.78, 5) is 6.09. The Kier molecular flexibility index (Phi) is 3.20. The van der Waals surface area contributed by atoms with Crippen molar-refractivity contribution in [1.29, 1.82) is 0 Å². The largest absolute Gasteiger partial charge is 0.344 e. The summed E-state index contributed by atoms with van der Waals surface area (Å²) in [6, 6.07) is 0.639. The molecule has 15 heavy (non-hydrogen) atoms. The zero-order valence-corrected chi connectivity index (χ0v) is 9.36.